The maximum atomic E-state index is 12.6. The molecule has 0 bridgehead atoms. The molecule has 0 aliphatic carbocycles. The van der Waals surface area contributed by atoms with E-state index in [4.69, 9.17) is 4.74 Å². The van der Waals surface area contributed by atoms with Gasteiger partial charge in [0.25, 0.3) is 10.2 Å². The number of ether oxygens (including phenoxy) is 1. The van der Waals surface area contributed by atoms with Gasteiger partial charge in [0, 0.05) is 32.9 Å². The standard InChI is InChI=1S/C21H27N3O4S/c1-23(2)29(26,27)24-14-6-9-18(15-24)21(25)22-19-10-12-20(13-11-19)28-16-17-7-4-3-5-8-17/h3-5,7-8,10-13,18H,6,9,14-16H2,1-2H3,(H,22,25)/t18-/m0/s1. The minimum absolute atomic E-state index is 0.165. The van der Waals surface area contributed by atoms with Gasteiger partial charge in [-0.05, 0) is 42.7 Å². The first-order chi connectivity index (χ1) is 13.9. The summed E-state index contributed by atoms with van der Waals surface area (Å²) in [6.07, 6.45) is 1.33. The van der Waals surface area contributed by atoms with Crippen molar-refractivity contribution in [1.29, 1.82) is 0 Å². The third-order valence-electron chi connectivity index (χ3n) is 4.91. The van der Waals surface area contributed by atoms with Gasteiger partial charge < -0.3 is 10.1 Å². The Bertz CT molecular complexity index is 915. The molecule has 0 radical (unpaired) electrons. The van der Waals surface area contributed by atoms with Gasteiger partial charge in [-0.1, -0.05) is 30.3 Å². The first-order valence-electron chi connectivity index (χ1n) is 9.61. The summed E-state index contributed by atoms with van der Waals surface area (Å²) in [5.41, 5.74) is 1.74. The van der Waals surface area contributed by atoms with E-state index in [1.807, 2.05) is 42.5 Å². The Morgan fingerprint density at radius 2 is 1.83 bits per heavy atom. The van der Waals surface area contributed by atoms with Gasteiger partial charge in [-0.25, -0.2) is 0 Å². The Hall–Kier alpha value is -2.42. The third kappa shape index (κ3) is 5.56. The van der Waals surface area contributed by atoms with Crippen molar-refractivity contribution in [3.8, 4) is 5.75 Å². The molecule has 1 heterocycles. The van der Waals surface area contributed by atoms with Crippen molar-refractivity contribution in [3.05, 3.63) is 60.2 Å². The third-order valence-corrected chi connectivity index (χ3v) is 6.82. The van der Waals surface area contributed by atoms with Crippen LogP contribution in [0.4, 0.5) is 5.69 Å². The van der Waals surface area contributed by atoms with E-state index in [2.05, 4.69) is 5.32 Å². The van der Waals surface area contributed by atoms with Crippen molar-refractivity contribution in [2.45, 2.75) is 19.4 Å². The van der Waals surface area contributed by atoms with Crippen LogP contribution in [0.1, 0.15) is 18.4 Å². The van der Waals surface area contributed by atoms with Crippen LogP contribution >= 0.6 is 0 Å². The summed E-state index contributed by atoms with van der Waals surface area (Å²) >= 11 is 0. The van der Waals surface area contributed by atoms with Gasteiger partial charge in [-0.2, -0.15) is 17.0 Å². The molecule has 1 aliphatic rings. The number of nitrogens with zero attached hydrogens (tertiary/aromatic N) is 2. The van der Waals surface area contributed by atoms with E-state index in [-0.39, 0.29) is 18.4 Å². The fourth-order valence-electron chi connectivity index (χ4n) is 3.22. The number of nitrogens with one attached hydrogen (secondary N) is 1. The zero-order valence-electron chi connectivity index (χ0n) is 16.7. The summed E-state index contributed by atoms with van der Waals surface area (Å²) in [4.78, 5) is 12.6. The molecule has 29 heavy (non-hydrogen) atoms. The van der Waals surface area contributed by atoms with E-state index in [1.165, 1.54) is 22.7 Å². The Kier molecular flexibility index (Phi) is 6.89. The largest absolute Gasteiger partial charge is 0.489 e. The van der Waals surface area contributed by atoms with Crippen molar-refractivity contribution < 1.29 is 17.9 Å². The molecular formula is C21H27N3O4S. The highest BCUT2D eigenvalue weighted by atomic mass is 32.2. The van der Waals surface area contributed by atoms with Crippen LogP contribution in [0.2, 0.25) is 0 Å². The second-order valence-corrected chi connectivity index (χ2v) is 9.42. The van der Waals surface area contributed by atoms with Gasteiger partial charge in [0.1, 0.15) is 12.4 Å². The molecule has 156 valence electrons. The van der Waals surface area contributed by atoms with Gasteiger partial charge in [-0.3, -0.25) is 4.79 Å². The van der Waals surface area contributed by atoms with Crippen molar-refractivity contribution in [1.82, 2.24) is 8.61 Å². The highest BCUT2D eigenvalue weighted by Gasteiger charge is 2.33. The highest BCUT2D eigenvalue weighted by molar-refractivity contribution is 7.86. The molecule has 2 aromatic carbocycles. The van der Waals surface area contributed by atoms with Gasteiger partial charge in [-0.15, -0.1) is 0 Å². The number of hydrogen-bond donors (Lipinski definition) is 1. The number of anilines is 1. The average Bonchev–Trinajstić information content (AvgIpc) is 2.74. The van der Waals surface area contributed by atoms with Crippen molar-refractivity contribution in [2.24, 2.45) is 5.92 Å². The molecule has 2 aromatic rings. The Morgan fingerprint density at radius 3 is 2.48 bits per heavy atom. The number of piperidine rings is 1. The molecular weight excluding hydrogens is 390 g/mol. The SMILES string of the molecule is CN(C)S(=O)(=O)N1CCC[C@H](C(=O)Nc2ccc(OCc3ccccc3)cc2)C1. The smallest absolute Gasteiger partial charge is 0.281 e. The fraction of sp³-hybridized carbons (Fsp3) is 0.381. The second-order valence-electron chi connectivity index (χ2n) is 7.28. The minimum atomic E-state index is -3.50. The quantitative estimate of drug-likeness (QED) is 0.751. The lowest BCUT2D eigenvalue weighted by Crippen LogP contribution is -2.47. The van der Waals surface area contributed by atoms with Gasteiger partial charge in [0.2, 0.25) is 5.91 Å². The maximum Gasteiger partial charge on any atom is 0.281 e. The minimum Gasteiger partial charge on any atom is -0.489 e. The van der Waals surface area contributed by atoms with Crippen LogP contribution in [0.25, 0.3) is 0 Å². The van der Waals surface area contributed by atoms with Crippen LogP contribution in [0.3, 0.4) is 0 Å². The zero-order valence-corrected chi connectivity index (χ0v) is 17.6. The van der Waals surface area contributed by atoms with Crippen molar-refractivity contribution in [2.75, 3.05) is 32.5 Å². The first-order valence-corrected chi connectivity index (χ1v) is 11.0. The molecule has 1 amide bonds. The Labute approximate surface area is 172 Å². The number of carbonyl (C=O) groups excluding carboxylic acids is 1. The lowest BCUT2D eigenvalue weighted by molar-refractivity contribution is -0.120. The van der Waals surface area contributed by atoms with Gasteiger partial charge in [0.05, 0.1) is 5.92 Å². The normalized spacial score (nSPS) is 17.8. The van der Waals surface area contributed by atoms with E-state index < -0.39 is 10.2 Å². The molecule has 3 rings (SSSR count). The fourth-order valence-corrected chi connectivity index (χ4v) is 4.41. The highest BCUT2D eigenvalue weighted by Crippen LogP contribution is 2.23. The van der Waals surface area contributed by atoms with Crippen molar-refractivity contribution >= 4 is 21.8 Å². The number of carbonyl (C=O) groups is 1. The number of amides is 1. The summed E-state index contributed by atoms with van der Waals surface area (Å²) in [5, 5.41) is 2.88. The maximum absolute atomic E-state index is 12.6. The molecule has 0 unspecified atom stereocenters. The van der Waals surface area contributed by atoms with Crippen LogP contribution in [-0.4, -0.2) is 50.1 Å². The summed E-state index contributed by atoms with van der Waals surface area (Å²) in [6.45, 7) is 1.12. The molecule has 1 N–H and O–H groups in total. The van der Waals surface area contributed by atoms with E-state index >= 15 is 0 Å². The number of rotatable bonds is 7. The lowest BCUT2D eigenvalue weighted by atomic mass is 9.99. The number of hydrogen-bond acceptors (Lipinski definition) is 4. The van der Waals surface area contributed by atoms with Gasteiger partial charge >= 0.3 is 0 Å². The van der Waals surface area contributed by atoms with Crippen molar-refractivity contribution in [3.63, 3.8) is 0 Å². The molecule has 1 aliphatic heterocycles. The van der Waals surface area contributed by atoms with E-state index in [0.717, 1.165) is 5.56 Å². The first kappa shape index (κ1) is 21.3. The van der Waals surface area contributed by atoms with Gasteiger partial charge in [0.15, 0.2) is 0 Å². The summed E-state index contributed by atoms with van der Waals surface area (Å²) in [5.74, 6) is 0.182. The Balaban J connectivity index is 1.55. The molecule has 1 fully saturated rings. The summed E-state index contributed by atoms with van der Waals surface area (Å²) in [6, 6.07) is 17.1. The monoisotopic (exact) mass is 417 g/mol. The predicted molar refractivity (Wildman–Crippen MR) is 113 cm³/mol. The molecule has 1 saturated heterocycles. The molecule has 0 saturated carbocycles. The van der Waals surface area contributed by atoms with E-state index in [0.29, 0.717) is 37.4 Å². The zero-order chi connectivity index (χ0) is 20.9. The van der Waals surface area contributed by atoms with E-state index in [9.17, 15) is 13.2 Å². The molecule has 0 aromatic heterocycles. The number of benzene rings is 2. The topological polar surface area (TPSA) is 79.0 Å². The molecule has 7 nitrogen and oxygen atoms in total. The molecule has 0 spiro atoms. The molecule has 1 atom stereocenters. The van der Waals surface area contributed by atoms with E-state index in [1.54, 1.807) is 12.1 Å². The molecule has 8 heteroatoms. The van der Waals surface area contributed by atoms with Crippen LogP contribution in [-0.2, 0) is 21.6 Å². The average molecular weight is 418 g/mol. The predicted octanol–water partition coefficient (Wildman–Crippen LogP) is 2.72. The Morgan fingerprint density at radius 1 is 1.14 bits per heavy atom. The second kappa shape index (κ2) is 9.39. The summed E-state index contributed by atoms with van der Waals surface area (Å²) in [7, 11) is -0.503. The van der Waals surface area contributed by atoms with Crippen LogP contribution < -0.4 is 10.1 Å². The van der Waals surface area contributed by atoms with Crippen LogP contribution in [0.5, 0.6) is 5.75 Å². The van der Waals surface area contributed by atoms with Crippen LogP contribution in [0, 0.1) is 5.92 Å². The van der Waals surface area contributed by atoms with Crippen LogP contribution in [0.15, 0.2) is 54.6 Å². The summed E-state index contributed by atoms with van der Waals surface area (Å²) < 4.78 is 32.9. The lowest BCUT2D eigenvalue weighted by Gasteiger charge is -2.32.